The molecule has 1 saturated heterocycles. The van der Waals surface area contributed by atoms with Crippen LogP contribution >= 0.6 is 11.8 Å². The first-order chi connectivity index (χ1) is 10.8. The van der Waals surface area contributed by atoms with E-state index in [4.69, 9.17) is 0 Å². The second kappa shape index (κ2) is 8.78. The van der Waals surface area contributed by atoms with Crippen molar-refractivity contribution in [3.05, 3.63) is 24.3 Å². The number of thioether (sulfide) groups is 1. The van der Waals surface area contributed by atoms with E-state index in [-0.39, 0.29) is 0 Å². The van der Waals surface area contributed by atoms with Gasteiger partial charge in [-0.15, -0.1) is 0 Å². The Labute approximate surface area is 137 Å². The van der Waals surface area contributed by atoms with Gasteiger partial charge in [0, 0.05) is 39.8 Å². The Bertz CT molecular complexity index is 487. The Kier molecular flexibility index (Phi) is 6.71. The third-order valence-corrected chi connectivity index (χ3v) is 4.52. The fourth-order valence-electron chi connectivity index (χ4n) is 2.64. The van der Waals surface area contributed by atoms with Gasteiger partial charge in [-0.1, -0.05) is 12.1 Å². The van der Waals surface area contributed by atoms with E-state index in [0.29, 0.717) is 5.75 Å². The van der Waals surface area contributed by atoms with Gasteiger partial charge in [-0.3, -0.25) is 4.99 Å². The molecule has 1 aromatic rings. The molecule has 1 heterocycles. The van der Waals surface area contributed by atoms with Crippen molar-refractivity contribution in [3.63, 3.8) is 0 Å². The minimum atomic E-state index is 0.357. The van der Waals surface area contributed by atoms with E-state index in [1.165, 1.54) is 5.75 Å². The van der Waals surface area contributed by atoms with Crippen LogP contribution in [0.4, 0.5) is 5.69 Å². The van der Waals surface area contributed by atoms with E-state index in [1.807, 2.05) is 37.0 Å². The highest BCUT2D eigenvalue weighted by Gasteiger charge is 2.20. The smallest absolute Gasteiger partial charge is 0.193 e. The fraction of sp³-hybridized carbons (Fsp3) is 0.562. The van der Waals surface area contributed by atoms with Gasteiger partial charge in [0.05, 0.1) is 5.69 Å². The van der Waals surface area contributed by atoms with Crippen LogP contribution < -0.4 is 10.2 Å². The maximum Gasteiger partial charge on any atom is 0.193 e. The number of anilines is 1. The van der Waals surface area contributed by atoms with Gasteiger partial charge in [-0.05, 0) is 30.6 Å². The highest BCUT2D eigenvalue weighted by Crippen LogP contribution is 2.27. The van der Waals surface area contributed by atoms with Gasteiger partial charge in [0.2, 0.25) is 0 Å². The number of benzene rings is 1. The second-order valence-corrected chi connectivity index (χ2v) is 6.27. The summed E-state index contributed by atoms with van der Waals surface area (Å²) in [6.45, 7) is 4.58. The van der Waals surface area contributed by atoms with Crippen molar-refractivity contribution in [2.45, 2.75) is 6.42 Å². The van der Waals surface area contributed by atoms with Crippen molar-refractivity contribution in [1.82, 2.24) is 10.2 Å². The number of nitrogens with zero attached hydrogens (tertiary/aromatic N) is 3. The van der Waals surface area contributed by atoms with Crippen molar-refractivity contribution in [1.29, 1.82) is 0 Å². The van der Waals surface area contributed by atoms with Crippen molar-refractivity contribution in [2.75, 3.05) is 56.7 Å². The Morgan fingerprint density at radius 2 is 2.00 bits per heavy atom. The van der Waals surface area contributed by atoms with Crippen LogP contribution in [0.25, 0.3) is 0 Å². The topological polar surface area (TPSA) is 51.1 Å². The monoisotopic (exact) mass is 322 g/mol. The van der Waals surface area contributed by atoms with Crippen LogP contribution in [0.15, 0.2) is 29.3 Å². The van der Waals surface area contributed by atoms with E-state index >= 15 is 0 Å². The van der Waals surface area contributed by atoms with Crippen molar-refractivity contribution < 1.29 is 5.11 Å². The largest absolute Gasteiger partial charge is 0.506 e. The van der Waals surface area contributed by atoms with E-state index in [9.17, 15) is 5.11 Å². The van der Waals surface area contributed by atoms with Crippen molar-refractivity contribution >= 4 is 23.4 Å². The molecule has 0 unspecified atom stereocenters. The SMILES string of the molecule is CN=C(NCCCSC)N1CCN(c2ccccc2O)CC1. The molecular formula is C16H26N4OS. The van der Waals surface area contributed by atoms with Crippen LogP contribution in [0, 0.1) is 0 Å². The molecule has 0 spiro atoms. The first kappa shape index (κ1) is 16.8. The number of rotatable bonds is 5. The molecule has 0 radical (unpaired) electrons. The molecule has 0 aliphatic carbocycles. The molecule has 0 bridgehead atoms. The molecule has 2 rings (SSSR count). The zero-order valence-corrected chi connectivity index (χ0v) is 14.3. The summed E-state index contributed by atoms with van der Waals surface area (Å²) < 4.78 is 0. The molecule has 5 nitrogen and oxygen atoms in total. The third-order valence-electron chi connectivity index (χ3n) is 3.82. The van der Waals surface area contributed by atoms with Gasteiger partial charge in [-0.2, -0.15) is 11.8 Å². The highest BCUT2D eigenvalue weighted by atomic mass is 32.2. The normalized spacial score (nSPS) is 16.0. The number of para-hydroxylation sites is 2. The van der Waals surface area contributed by atoms with E-state index < -0.39 is 0 Å². The maximum absolute atomic E-state index is 9.96. The molecule has 0 amide bonds. The molecule has 1 fully saturated rings. The molecule has 0 atom stereocenters. The summed E-state index contributed by atoms with van der Waals surface area (Å²) in [6.07, 6.45) is 3.28. The lowest BCUT2D eigenvalue weighted by Gasteiger charge is -2.37. The predicted octanol–water partition coefficient (Wildman–Crippen LogP) is 1.84. The van der Waals surface area contributed by atoms with Crippen LogP contribution in [-0.4, -0.2) is 67.7 Å². The minimum Gasteiger partial charge on any atom is -0.506 e. The Balaban J connectivity index is 1.84. The lowest BCUT2D eigenvalue weighted by atomic mass is 10.2. The summed E-state index contributed by atoms with van der Waals surface area (Å²) in [5.41, 5.74) is 0.921. The van der Waals surface area contributed by atoms with Crippen LogP contribution in [-0.2, 0) is 0 Å². The van der Waals surface area contributed by atoms with Crippen molar-refractivity contribution in [3.8, 4) is 5.75 Å². The molecular weight excluding hydrogens is 296 g/mol. The van der Waals surface area contributed by atoms with Gasteiger partial charge in [0.15, 0.2) is 5.96 Å². The molecule has 1 aliphatic heterocycles. The maximum atomic E-state index is 9.96. The van der Waals surface area contributed by atoms with E-state index in [1.54, 1.807) is 6.07 Å². The fourth-order valence-corrected chi connectivity index (χ4v) is 3.07. The van der Waals surface area contributed by atoms with Crippen LogP contribution in [0.1, 0.15) is 6.42 Å². The quantitative estimate of drug-likeness (QED) is 0.492. The van der Waals surface area contributed by atoms with Crippen LogP contribution in [0.3, 0.4) is 0 Å². The first-order valence-corrected chi connectivity index (χ1v) is 9.13. The third kappa shape index (κ3) is 4.47. The second-order valence-electron chi connectivity index (χ2n) is 5.28. The van der Waals surface area contributed by atoms with Gasteiger partial charge in [-0.25, -0.2) is 0 Å². The number of hydrogen-bond acceptors (Lipinski definition) is 4. The molecule has 22 heavy (non-hydrogen) atoms. The number of piperazine rings is 1. The minimum absolute atomic E-state index is 0.357. The number of guanidine groups is 1. The number of nitrogens with one attached hydrogen (secondary N) is 1. The Hall–Kier alpha value is -1.56. The van der Waals surface area contributed by atoms with Gasteiger partial charge in [0.1, 0.15) is 5.75 Å². The molecule has 122 valence electrons. The Morgan fingerprint density at radius 3 is 2.64 bits per heavy atom. The summed E-state index contributed by atoms with van der Waals surface area (Å²) >= 11 is 1.87. The molecule has 0 saturated carbocycles. The molecule has 1 aliphatic rings. The number of aliphatic imine (C=N–C) groups is 1. The predicted molar refractivity (Wildman–Crippen MR) is 96.3 cm³/mol. The van der Waals surface area contributed by atoms with Crippen molar-refractivity contribution in [2.24, 2.45) is 4.99 Å². The first-order valence-electron chi connectivity index (χ1n) is 7.73. The number of aromatic hydroxyl groups is 1. The van der Waals surface area contributed by atoms with E-state index in [0.717, 1.165) is 50.8 Å². The zero-order chi connectivity index (χ0) is 15.8. The standard InChI is InChI=1S/C16H26N4OS/c1-17-16(18-8-5-13-22-2)20-11-9-19(10-12-20)14-6-3-4-7-15(14)21/h3-4,6-7,21H,5,8-13H2,1-2H3,(H,17,18). The summed E-state index contributed by atoms with van der Waals surface area (Å²) in [4.78, 5) is 8.90. The summed E-state index contributed by atoms with van der Waals surface area (Å²) in [5, 5.41) is 13.4. The molecule has 0 aromatic heterocycles. The average molecular weight is 322 g/mol. The lowest BCUT2D eigenvalue weighted by molar-refractivity contribution is 0.370. The van der Waals surface area contributed by atoms with Gasteiger partial charge in [0.25, 0.3) is 0 Å². The molecule has 2 N–H and O–H groups in total. The van der Waals surface area contributed by atoms with E-state index in [2.05, 4.69) is 26.4 Å². The number of phenols is 1. The average Bonchev–Trinajstić information content (AvgIpc) is 2.56. The summed E-state index contributed by atoms with van der Waals surface area (Å²) in [7, 11) is 1.84. The van der Waals surface area contributed by atoms with Gasteiger partial charge < -0.3 is 20.2 Å². The zero-order valence-electron chi connectivity index (χ0n) is 13.5. The van der Waals surface area contributed by atoms with Crippen LogP contribution in [0.5, 0.6) is 5.75 Å². The number of hydrogen-bond donors (Lipinski definition) is 2. The highest BCUT2D eigenvalue weighted by molar-refractivity contribution is 7.98. The summed E-state index contributed by atoms with van der Waals surface area (Å²) in [6, 6.07) is 7.54. The number of phenolic OH excluding ortho intramolecular Hbond substituents is 1. The molecule has 1 aromatic carbocycles. The summed E-state index contributed by atoms with van der Waals surface area (Å²) in [5.74, 6) is 2.51. The molecule has 6 heteroatoms. The Morgan fingerprint density at radius 1 is 1.27 bits per heavy atom. The lowest BCUT2D eigenvalue weighted by Crippen LogP contribution is -2.52. The van der Waals surface area contributed by atoms with Gasteiger partial charge >= 0.3 is 0 Å². The van der Waals surface area contributed by atoms with Crippen LogP contribution in [0.2, 0.25) is 0 Å².